The van der Waals surface area contributed by atoms with Crippen LogP contribution in [0.2, 0.25) is 0 Å². The first-order chi connectivity index (χ1) is 11.5. The van der Waals surface area contributed by atoms with E-state index in [9.17, 15) is 9.59 Å². The van der Waals surface area contributed by atoms with Gasteiger partial charge in [-0.15, -0.1) is 0 Å². The lowest BCUT2D eigenvalue weighted by Gasteiger charge is -2.11. The molecule has 5 nitrogen and oxygen atoms in total. The van der Waals surface area contributed by atoms with E-state index in [1.54, 1.807) is 18.2 Å². The van der Waals surface area contributed by atoms with Crippen molar-refractivity contribution in [3.05, 3.63) is 64.9 Å². The van der Waals surface area contributed by atoms with E-state index in [0.717, 1.165) is 11.3 Å². The van der Waals surface area contributed by atoms with Crippen molar-refractivity contribution in [2.45, 2.75) is 0 Å². The van der Waals surface area contributed by atoms with Crippen LogP contribution >= 0.6 is 0 Å². The number of nitrogens with zero attached hydrogens (tertiary/aromatic N) is 1. The van der Waals surface area contributed by atoms with Gasteiger partial charge in [0.15, 0.2) is 5.76 Å². The van der Waals surface area contributed by atoms with E-state index in [4.69, 9.17) is 4.74 Å². The van der Waals surface area contributed by atoms with E-state index in [1.807, 2.05) is 43.3 Å². The number of hydrogen-bond acceptors (Lipinski definition) is 5. The molecule has 0 amide bonds. The second kappa shape index (κ2) is 6.20. The Morgan fingerprint density at radius 2 is 1.83 bits per heavy atom. The second-order valence-electron chi connectivity index (χ2n) is 5.63. The summed E-state index contributed by atoms with van der Waals surface area (Å²) in [6.07, 6.45) is 1.69. The summed E-state index contributed by atoms with van der Waals surface area (Å²) in [5.41, 5.74) is 2.63. The summed E-state index contributed by atoms with van der Waals surface area (Å²) in [7, 11) is 5.23. The molecule has 0 atom stereocenters. The van der Waals surface area contributed by atoms with Gasteiger partial charge in [0, 0.05) is 19.8 Å². The molecule has 2 aromatic rings. The fourth-order valence-corrected chi connectivity index (χ4v) is 2.45. The zero-order valence-electron chi connectivity index (χ0n) is 13.7. The van der Waals surface area contributed by atoms with Gasteiger partial charge in [-0.2, -0.15) is 0 Å². The van der Waals surface area contributed by atoms with E-state index in [1.165, 1.54) is 13.2 Å². The molecular formula is C19H17NO4. The summed E-state index contributed by atoms with van der Waals surface area (Å²) in [5.74, 6) is -0.0387. The van der Waals surface area contributed by atoms with Gasteiger partial charge in [0.05, 0.1) is 18.2 Å². The Hall–Kier alpha value is -3.08. The third-order valence-corrected chi connectivity index (χ3v) is 3.80. The van der Waals surface area contributed by atoms with Crippen molar-refractivity contribution >= 4 is 23.5 Å². The Balaban J connectivity index is 1.89. The van der Waals surface area contributed by atoms with Gasteiger partial charge in [-0.1, -0.05) is 12.1 Å². The maximum Gasteiger partial charge on any atom is 0.337 e. The molecule has 24 heavy (non-hydrogen) atoms. The number of carbonyl (C=O) groups is 2. The molecule has 5 heteroatoms. The molecule has 0 spiro atoms. The first kappa shape index (κ1) is 15.8. The summed E-state index contributed by atoms with van der Waals surface area (Å²) < 4.78 is 10.3. The van der Waals surface area contributed by atoms with Gasteiger partial charge in [0.25, 0.3) is 0 Å². The maximum atomic E-state index is 12.5. The Morgan fingerprint density at radius 3 is 2.46 bits per heavy atom. The highest BCUT2D eigenvalue weighted by Gasteiger charge is 2.28. The first-order valence-corrected chi connectivity index (χ1v) is 7.43. The average molecular weight is 323 g/mol. The number of hydrogen-bond donors (Lipinski definition) is 0. The second-order valence-corrected chi connectivity index (χ2v) is 5.63. The summed E-state index contributed by atoms with van der Waals surface area (Å²) in [6.45, 7) is 0. The molecule has 0 unspecified atom stereocenters. The topological polar surface area (TPSA) is 55.8 Å². The molecule has 0 saturated carbocycles. The van der Waals surface area contributed by atoms with Crippen LogP contribution in [0.25, 0.3) is 6.08 Å². The number of rotatable bonds is 3. The van der Waals surface area contributed by atoms with Crippen molar-refractivity contribution in [3.8, 4) is 5.75 Å². The van der Waals surface area contributed by atoms with Crippen LogP contribution in [0.3, 0.4) is 0 Å². The predicted molar refractivity (Wildman–Crippen MR) is 91.5 cm³/mol. The molecule has 3 rings (SSSR count). The van der Waals surface area contributed by atoms with Gasteiger partial charge in [-0.25, -0.2) is 4.79 Å². The predicted octanol–water partition coefficient (Wildman–Crippen LogP) is 3.16. The molecule has 1 aliphatic rings. The molecule has 122 valence electrons. The van der Waals surface area contributed by atoms with Gasteiger partial charge >= 0.3 is 5.97 Å². The minimum Gasteiger partial charge on any atom is -0.465 e. The molecule has 1 heterocycles. The van der Waals surface area contributed by atoms with Crippen LogP contribution in [-0.4, -0.2) is 33.0 Å². The van der Waals surface area contributed by atoms with Crippen molar-refractivity contribution in [1.29, 1.82) is 0 Å². The lowest BCUT2D eigenvalue weighted by Crippen LogP contribution is -2.08. The van der Waals surface area contributed by atoms with Crippen LogP contribution in [0, 0.1) is 0 Å². The summed E-state index contributed by atoms with van der Waals surface area (Å²) in [5, 5.41) is 0. The zero-order chi connectivity index (χ0) is 17.3. The van der Waals surface area contributed by atoms with E-state index in [-0.39, 0.29) is 11.5 Å². The van der Waals surface area contributed by atoms with Crippen LogP contribution in [0.15, 0.2) is 48.2 Å². The maximum absolute atomic E-state index is 12.5. The molecule has 0 saturated heterocycles. The zero-order valence-corrected chi connectivity index (χ0v) is 13.7. The standard InChI is InChI=1S/C19H17NO4/c1-20(2)14-7-4-12(5-8-14)10-17-18(21)15-11-13(19(22)23-3)6-9-16(15)24-17/h4-11H,1-3H3. The third kappa shape index (κ3) is 2.88. The van der Waals surface area contributed by atoms with Gasteiger partial charge in [-0.3, -0.25) is 4.79 Å². The van der Waals surface area contributed by atoms with Crippen molar-refractivity contribution in [1.82, 2.24) is 0 Å². The number of anilines is 1. The Kier molecular flexibility index (Phi) is 4.08. The minimum atomic E-state index is -0.484. The van der Waals surface area contributed by atoms with Gasteiger partial charge in [0.2, 0.25) is 5.78 Å². The van der Waals surface area contributed by atoms with E-state index in [2.05, 4.69) is 4.74 Å². The normalized spacial score (nSPS) is 14.3. The SMILES string of the molecule is COC(=O)c1ccc2c(c1)C(=O)C(=Cc1ccc(N(C)C)cc1)O2. The highest BCUT2D eigenvalue weighted by Crippen LogP contribution is 2.32. The summed E-state index contributed by atoms with van der Waals surface area (Å²) in [6, 6.07) is 12.5. The smallest absolute Gasteiger partial charge is 0.337 e. The minimum absolute atomic E-state index is 0.240. The number of carbonyl (C=O) groups excluding carboxylic acids is 2. The molecule has 0 aromatic heterocycles. The molecule has 1 aliphatic heterocycles. The highest BCUT2D eigenvalue weighted by atomic mass is 16.5. The van der Waals surface area contributed by atoms with Crippen molar-refractivity contribution in [2.75, 3.05) is 26.1 Å². The lowest BCUT2D eigenvalue weighted by atomic mass is 10.1. The van der Waals surface area contributed by atoms with Crippen LogP contribution in [0.5, 0.6) is 5.75 Å². The van der Waals surface area contributed by atoms with E-state index >= 15 is 0 Å². The van der Waals surface area contributed by atoms with Crippen LogP contribution in [-0.2, 0) is 4.74 Å². The lowest BCUT2D eigenvalue weighted by molar-refractivity contribution is 0.0600. The Labute approximate surface area is 140 Å². The number of fused-ring (bicyclic) bond motifs is 1. The molecule has 2 aromatic carbocycles. The number of ketones is 1. The number of ether oxygens (including phenoxy) is 2. The van der Waals surface area contributed by atoms with Crippen molar-refractivity contribution < 1.29 is 19.1 Å². The monoisotopic (exact) mass is 323 g/mol. The molecule has 0 N–H and O–H groups in total. The van der Waals surface area contributed by atoms with Crippen LogP contribution in [0.4, 0.5) is 5.69 Å². The van der Waals surface area contributed by atoms with E-state index < -0.39 is 5.97 Å². The van der Waals surface area contributed by atoms with Gasteiger partial charge in [-0.05, 0) is 42.0 Å². The largest absolute Gasteiger partial charge is 0.465 e. The molecular weight excluding hydrogens is 306 g/mol. The van der Waals surface area contributed by atoms with Gasteiger partial charge < -0.3 is 14.4 Å². The number of methoxy groups -OCH3 is 1. The third-order valence-electron chi connectivity index (χ3n) is 3.80. The quantitative estimate of drug-likeness (QED) is 0.641. The van der Waals surface area contributed by atoms with Crippen molar-refractivity contribution in [3.63, 3.8) is 0 Å². The highest BCUT2D eigenvalue weighted by molar-refractivity contribution is 6.15. The van der Waals surface area contributed by atoms with Crippen molar-refractivity contribution in [2.24, 2.45) is 0 Å². The first-order valence-electron chi connectivity index (χ1n) is 7.43. The fourth-order valence-electron chi connectivity index (χ4n) is 2.45. The average Bonchev–Trinajstić information content (AvgIpc) is 2.90. The molecule has 0 bridgehead atoms. The number of Topliss-reactive ketones (excluding diaryl/α,β-unsaturated/α-hetero) is 1. The Morgan fingerprint density at radius 1 is 1.12 bits per heavy atom. The fraction of sp³-hybridized carbons (Fsp3) is 0.158. The molecule has 0 fully saturated rings. The summed E-state index contributed by atoms with van der Waals surface area (Å²) >= 11 is 0. The number of benzene rings is 2. The van der Waals surface area contributed by atoms with Crippen LogP contribution in [0.1, 0.15) is 26.3 Å². The van der Waals surface area contributed by atoms with E-state index in [0.29, 0.717) is 16.9 Å². The Bertz CT molecular complexity index is 835. The van der Waals surface area contributed by atoms with Gasteiger partial charge in [0.1, 0.15) is 5.75 Å². The van der Waals surface area contributed by atoms with Crippen LogP contribution < -0.4 is 9.64 Å². The molecule has 0 aliphatic carbocycles. The number of esters is 1. The summed E-state index contributed by atoms with van der Waals surface area (Å²) in [4.78, 5) is 26.1. The molecule has 0 radical (unpaired) electrons. The number of allylic oxidation sites excluding steroid dienone is 1.